The Kier molecular flexibility index (Phi) is 3.20. The van der Waals surface area contributed by atoms with Crippen LogP contribution in [-0.4, -0.2) is 23.1 Å². The number of halogens is 3. The van der Waals surface area contributed by atoms with Gasteiger partial charge in [0.1, 0.15) is 5.69 Å². The van der Waals surface area contributed by atoms with Gasteiger partial charge in [-0.1, -0.05) is 0 Å². The molecule has 1 aromatic rings. The average molecular weight is 224 g/mol. The van der Waals surface area contributed by atoms with Crippen LogP contribution < -0.4 is 16.0 Å². The molecule has 5 nitrogen and oxygen atoms in total. The molecular weight excluding hydrogens is 213 g/mol. The summed E-state index contributed by atoms with van der Waals surface area (Å²) in [6.07, 6.45) is -3.30. The zero-order valence-electron chi connectivity index (χ0n) is 8.17. The largest absolute Gasteiger partial charge is 0.493 e. The van der Waals surface area contributed by atoms with Crippen LogP contribution in [0.2, 0.25) is 0 Å². The maximum absolute atomic E-state index is 12.5. The van der Waals surface area contributed by atoms with E-state index in [-0.39, 0.29) is 11.4 Å². The van der Waals surface area contributed by atoms with Gasteiger partial charge in [-0.15, -0.1) is 0 Å². The molecular formula is C7H11F3N4O. The highest BCUT2D eigenvalue weighted by Gasteiger charge is 2.43. The van der Waals surface area contributed by atoms with Gasteiger partial charge < -0.3 is 4.74 Å². The van der Waals surface area contributed by atoms with Crippen LogP contribution in [0.1, 0.15) is 11.7 Å². The summed E-state index contributed by atoms with van der Waals surface area (Å²) < 4.78 is 43.5. The highest BCUT2D eigenvalue weighted by atomic mass is 19.4. The lowest BCUT2D eigenvalue weighted by Crippen LogP contribution is -2.39. The zero-order chi connectivity index (χ0) is 11.6. The van der Waals surface area contributed by atoms with Crippen LogP contribution in [0.25, 0.3) is 0 Å². The van der Waals surface area contributed by atoms with Crippen LogP contribution >= 0.6 is 0 Å². The summed E-state index contributed by atoms with van der Waals surface area (Å²) in [5.41, 5.74) is 1.53. The predicted octanol–water partition coefficient (Wildman–Crippen LogP) is 0.495. The van der Waals surface area contributed by atoms with Crippen LogP contribution in [0.4, 0.5) is 13.2 Å². The van der Waals surface area contributed by atoms with Gasteiger partial charge in [-0.25, -0.2) is 5.43 Å². The van der Waals surface area contributed by atoms with E-state index in [0.29, 0.717) is 0 Å². The molecule has 0 spiro atoms. The lowest BCUT2D eigenvalue weighted by molar-refractivity contribution is -0.159. The molecule has 1 rings (SSSR count). The third-order valence-corrected chi connectivity index (χ3v) is 1.94. The summed E-state index contributed by atoms with van der Waals surface area (Å²) in [4.78, 5) is 0. The van der Waals surface area contributed by atoms with E-state index < -0.39 is 12.2 Å². The first-order valence-corrected chi connectivity index (χ1v) is 4.00. The number of nitrogens with one attached hydrogen (secondary N) is 1. The van der Waals surface area contributed by atoms with E-state index in [4.69, 9.17) is 10.6 Å². The predicted molar refractivity (Wildman–Crippen MR) is 45.9 cm³/mol. The fourth-order valence-electron chi connectivity index (χ4n) is 1.24. The van der Waals surface area contributed by atoms with Crippen molar-refractivity contribution in [2.24, 2.45) is 12.9 Å². The second-order valence-corrected chi connectivity index (χ2v) is 2.86. The molecule has 15 heavy (non-hydrogen) atoms. The Labute approximate surface area is 84.0 Å². The van der Waals surface area contributed by atoms with Gasteiger partial charge in [0.15, 0.2) is 11.8 Å². The van der Waals surface area contributed by atoms with E-state index in [1.54, 1.807) is 5.43 Å². The van der Waals surface area contributed by atoms with Gasteiger partial charge in [-0.3, -0.25) is 10.5 Å². The number of hydrazine groups is 1. The number of ether oxygens (including phenoxy) is 1. The van der Waals surface area contributed by atoms with Gasteiger partial charge in [0.2, 0.25) is 0 Å². The topological polar surface area (TPSA) is 65.1 Å². The van der Waals surface area contributed by atoms with Crippen molar-refractivity contribution in [1.29, 1.82) is 0 Å². The van der Waals surface area contributed by atoms with E-state index in [0.717, 1.165) is 4.68 Å². The van der Waals surface area contributed by atoms with Crippen LogP contribution in [0, 0.1) is 0 Å². The Hall–Kier alpha value is -1.28. The standard InChI is InChI=1S/C7H11F3N4O/c1-14-5(4(15-2)3-12-14)6(13-11)7(8,9)10/h3,6,13H,11H2,1-2H3. The first-order valence-electron chi connectivity index (χ1n) is 4.00. The number of alkyl halides is 3. The van der Waals surface area contributed by atoms with Gasteiger partial charge in [0.05, 0.1) is 13.3 Å². The van der Waals surface area contributed by atoms with Crippen molar-refractivity contribution in [3.8, 4) is 5.75 Å². The fraction of sp³-hybridized carbons (Fsp3) is 0.571. The molecule has 86 valence electrons. The molecule has 8 heteroatoms. The number of rotatable bonds is 3. The van der Waals surface area contributed by atoms with Gasteiger partial charge in [0, 0.05) is 7.05 Å². The van der Waals surface area contributed by atoms with Crippen molar-refractivity contribution in [2.75, 3.05) is 7.11 Å². The third-order valence-electron chi connectivity index (χ3n) is 1.94. The Balaban J connectivity index is 3.16. The molecule has 0 aliphatic carbocycles. The molecule has 1 atom stereocenters. The lowest BCUT2D eigenvalue weighted by Gasteiger charge is -2.20. The molecule has 0 aliphatic rings. The Morgan fingerprint density at radius 3 is 2.60 bits per heavy atom. The van der Waals surface area contributed by atoms with Crippen molar-refractivity contribution in [3.05, 3.63) is 11.9 Å². The highest BCUT2D eigenvalue weighted by molar-refractivity contribution is 5.29. The van der Waals surface area contributed by atoms with Gasteiger partial charge >= 0.3 is 6.18 Å². The minimum Gasteiger partial charge on any atom is -0.493 e. The molecule has 0 radical (unpaired) electrons. The van der Waals surface area contributed by atoms with Crippen molar-refractivity contribution in [1.82, 2.24) is 15.2 Å². The molecule has 0 aromatic carbocycles. The number of nitrogens with two attached hydrogens (primary N) is 1. The second kappa shape index (κ2) is 4.07. The van der Waals surface area contributed by atoms with E-state index >= 15 is 0 Å². The lowest BCUT2D eigenvalue weighted by atomic mass is 10.2. The summed E-state index contributed by atoms with van der Waals surface area (Å²) in [6, 6.07) is -2.00. The number of hydrogen-bond donors (Lipinski definition) is 2. The number of nitrogens with zero attached hydrogens (tertiary/aromatic N) is 2. The average Bonchev–Trinajstić information content (AvgIpc) is 2.47. The van der Waals surface area contributed by atoms with Gasteiger partial charge in [0.25, 0.3) is 0 Å². The SMILES string of the molecule is COc1cnn(C)c1C(NN)C(F)(F)F. The second-order valence-electron chi connectivity index (χ2n) is 2.86. The molecule has 1 heterocycles. The number of hydrogen-bond acceptors (Lipinski definition) is 4. The fourth-order valence-corrected chi connectivity index (χ4v) is 1.24. The van der Waals surface area contributed by atoms with E-state index in [1.807, 2.05) is 0 Å². The van der Waals surface area contributed by atoms with E-state index in [9.17, 15) is 13.2 Å². The van der Waals surface area contributed by atoms with Crippen LogP contribution in [0.3, 0.4) is 0 Å². The smallest absolute Gasteiger partial charge is 0.410 e. The molecule has 1 aromatic heterocycles. The summed E-state index contributed by atoms with van der Waals surface area (Å²) in [5.74, 6) is 4.92. The van der Waals surface area contributed by atoms with Crippen LogP contribution in [0.15, 0.2) is 6.20 Å². The third kappa shape index (κ3) is 2.21. The maximum atomic E-state index is 12.5. The first-order chi connectivity index (χ1) is 6.91. The van der Waals surface area contributed by atoms with Crippen LogP contribution in [0.5, 0.6) is 5.75 Å². The summed E-state index contributed by atoms with van der Waals surface area (Å²) in [7, 11) is 2.65. The molecule has 0 saturated carbocycles. The number of aromatic nitrogens is 2. The quantitative estimate of drug-likeness (QED) is 0.579. The minimum absolute atomic E-state index is 0.0396. The first kappa shape index (κ1) is 11.8. The van der Waals surface area contributed by atoms with Crippen molar-refractivity contribution in [3.63, 3.8) is 0 Å². The molecule has 0 aliphatic heterocycles. The number of aryl methyl sites for hydroxylation is 1. The Morgan fingerprint density at radius 1 is 1.60 bits per heavy atom. The van der Waals surface area contributed by atoms with Crippen molar-refractivity contribution < 1.29 is 17.9 Å². The monoisotopic (exact) mass is 224 g/mol. The molecule has 0 saturated heterocycles. The van der Waals surface area contributed by atoms with Crippen molar-refractivity contribution >= 4 is 0 Å². The Morgan fingerprint density at radius 2 is 2.20 bits per heavy atom. The summed E-state index contributed by atoms with van der Waals surface area (Å²) >= 11 is 0. The summed E-state index contributed by atoms with van der Waals surface area (Å²) in [5, 5.41) is 3.67. The maximum Gasteiger partial charge on any atom is 0.410 e. The number of methoxy groups -OCH3 is 1. The van der Waals surface area contributed by atoms with Gasteiger partial charge in [-0.2, -0.15) is 18.3 Å². The van der Waals surface area contributed by atoms with E-state index in [1.165, 1.54) is 20.4 Å². The normalized spacial score (nSPS) is 14.0. The Bertz CT molecular complexity index is 335. The molecule has 0 fully saturated rings. The molecule has 3 N–H and O–H groups in total. The molecule has 1 unspecified atom stereocenters. The van der Waals surface area contributed by atoms with Crippen LogP contribution in [-0.2, 0) is 7.05 Å². The minimum atomic E-state index is -4.50. The summed E-state index contributed by atoms with van der Waals surface area (Å²) in [6.45, 7) is 0. The zero-order valence-corrected chi connectivity index (χ0v) is 8.17. The molecule has 0 bridgehead atoms. The highest BCUT2D eigenvalue weighted by Crippen LogP contribution is 2.35. The van der Waals surface area contributed by atoms with Crippen molar-refractivity contribution in [2.45, 2.75) is 12.2 Å². The van der Waals surface area contributed by atoms with Gasteiger partial charge in [-0.05, 0) is 0 Å². The van der Waals surface area contributed by atoms with E-state index in [2.05, 4.69) is 5.10 Å². The molecule has 0 amide bonds.